The fourth-order valence-corrected chi connectivity index (χ4v) is 3.21. The Morgan fingerprint density at radius 1 is 1.53 bits per heavy atom. The number of thiophene rings is 1. The van der Waals surface area contributed by atoms with E-state index in [1.54, 1.807) is 0 Å². The average Bonchev–Trinajstić information content (AvgIpc) is 2.64. The highest BCUT2D eigenvalue weighted by Gasteiger charge is 2.18. The third kappa shape index (κ3) is 3.03. The fourth-order valence-electron chi connectivity index (χ4n) is 2.28. The van der Waals surface area contributed by atoms with Gasteiger partial charge in [-0.25, -0.2) is 0 Å². The van der Waals surface area contributed by atoms with Gasteiger partial charge in [0, 0.05) is 22.8 Å². The van der Waals surface area contributed by atoms with Crippen molar-refractivity contribution in [2.24, 2.45) is 11.7 Å². The molecule has 2 heterocycles. The molecule has 1 aliphatic heterocycles. The fraction of sp³-hybridized carbons (Fsp3) is 0.667. The van der Waals surface area contributed by atoms with Crippen molar-refractivity contribution >= 4 is 11.3 Å². The monoisotopic (exact) mass is 224 g/mol. The SMILES string of the molecule is Cc1ccc(CN2CCC[C@@H](CN)C2)s1. The first-order valence-corrected chi connectivity index (χ1v) is 6.57. The predicted molar refractivity (Wildman–Crippen MR) is 66.1 cm³/mol. The van der Waals surface area contributed by atoms with Crippen LogP contribution >= 0.6 is 11.3 Å². The summed E-state index contributed by atoms with van der Waals surface area (Å²) in [6.45, 7) is 6.57. The maximum absolute atomic E-state index is 5.74. The van der Waals surface area contributed by atoms with Crippen LogP contribution in [-0.4, -0.2) is 24.5 Å². The third-order valence-corrected chi connectivity index (χ3v) is 4.10. The van der Waals surface area contributed by atoms with Crippen LogP contribution in [0.15, 0.2) is 12.1 Å². The smallest absolute Gasteiger partial charge is 0.0328 e. The lowest BCUT2D eigenvalue weighted by Gasteiger charge is -2.31. The molecule has 1 atom stereocenters. The topological polar surface area (TPSA) is 29.3 Å². The molecule has 2 nitrogen and oxygen atoms in total. The Kier molecular flexibility index (Phi) is 3.78. The van der Waals surface area contributed by atoms with Crippen molar-refractivity contribution in [3.8, 4) is 0 Å². The van der Waals surface area contributed by atoms with Gasteiger partial charge < -0.3 is 5.73 Å². The molecule has 1 saturated heterocycles. The van der Waals surface area contributed by atoms with E-state index in [4.69, 9.17) is 5.73 Å². The van der Waals surface area contributed by atoms with Gasteiger partial charge in [0.1, 0.15) is 0 Å². The molecule has 0 radical (unpaired) electrons. The summed E-state index contributed by atoms with van der Waals surface area (Å²) >= 11 is 1.92. The molecular formula is C12H20N2S. The van der Waals surface area contributed by atoms with Gasteiger partial charge in [0.25, 0.3) is 0 Å². The van der Waals surface area contributed by atoms with Crippen LogP contribution in [0.1, 0.15) is 22.6 Å². The van der Waals surface area contributed by atoms with Gasteiger partial charge in [0.05, 0.1) is 0 Å². The lowest BCUT2D eigenvalue weighted by Crippen LogP contribution is -2.37. The van der Waals surface area contributed by atoms with Crippen molar-refractivity contribution in [3.63, 3.8) is 0 Å². The highest BCUT2D eigenvalue weighted by atomic mass is 32.1. The average molecular weight is 224 g/mol. The molecule has 0 aliphatic carbocycles. The van der Waals surface area contributed by atoms with E-state index in [2.05, 4.69) is 24.0 Å². The number of nitrogens with two attached hydrogens (primary N) is 1. The van der Waals surface area contributed by atoms with Crippen LogP contribution in [0, 0.1) is 12.8 Å². The lowest BCUT2D eigenvalue weighted by atomic mass is 9.98. The van der Waals surface area contributed by atoms with Crippen LogP contribution in [0.4, 0.5) is 0 Å². The van der Waals surface area contributed by atoms with Crippen LogP contribution < -0.4 is 5.73 Å². The van der Waals surface area contributed by atoms with Crippen molar-refractivity contribution in [3.05, 3.63) is 21.9 Å². The predicted octanol–water partition coefficient (Wildman–Crippen LogP) is 2.23. The molecule has 0 bridgehead atoms. The van der Waals surface area contributed by atoms with Gasteiger partial charge in [0.2, 0.25) is 0 Å². The minimum Gasteiger partial charge on any atom is -0.330 e. The molecule has 0 spiro atoms. The molecular weight excluding hydrogens is 204 g/mol. The summed E-state index contributed by atoms with van der Waals surface area (Å²) in [7, 11) is 0. The Hall–Kier alpha value is -0.380. The zero-order valence-electron chi connectivity index (χ0n) is 9.41. The Morgan fingerprint density at radius 3 is 3.07 bits per heavy atom. The highest BCUT2D eigenvalue weighted by molar-refractivity contribution is 7.11. The van der Waals surface area contributed by atoms with E-state index in [-0.39, 0.29) is 0 Å². The quantitative estimate of drug-likeness (QED) is 0.853. The molecule has 0 saturated carbocycles. The second-order valence-electron chi connectivity index (χ2n) is 4.49. The Balaban J connectivity index is 1.88. The van der Waals surface area contributed by atoms with Gasteiger partial charge in [-0.2, -0.15) is 0 Å². The van der Waals surface area contributed by atoms with E-state index in [1.165, 1.54) is 35.7 Å². The van der Waals surface area contributed by atoms with Crippen LogP contribution in [-0.2, 0) is 6.54 Å². The largest absolute Gasteiger partial charge is 0.330 e. The van der Waals surface area contributed by atoms with E-state index >= 15 is 0 Å². The van der Waals surface area contributed by atoms with Gasteiger partial charge in [-0.15, -0.1) is 11.3 Å². The van der Waals surface area contributed by atoms with Gasteiger partial charge >= 0.3 is 0 Å². The number of aryl methyl sites for hydroxylation is 1. The van der Waals surface area contributed by atoms with E-state index in [1.807, 2.05) is 11.3 Å². The highest BCUT2D eigenvalue weighted by Crippen LogP contribution is 2.21. The van der Waals surface area contributed by atoms with Crippen molar-refractivity contribution in [1.82, 2.24) is 4.90 Å². The molecule has 1 aromatic rings. The molecule has 2 N–H and O–H groups in total. The summed E-state index contributed by atoms with van der Waals surface area (Å²) in [5.74, 6) is 0.722. The summed E-state index contributed by atoms with van der Waals surface area (Å²) in [6.07, 6.45) is 2.63. The molecule has 3 heteroatoms. The first-order valence-electron chi connectivity index (χ1n) is 5.75. The molecule has 0 amide bonds. The normalized spacial score (nSPS) is 23.2. The minimum atomic E-state index is 0.722. The summed E-state index contributed by atoms with van der Waals surface area (Å²) in [6, 6.07) is 4.47. The lowest BCUT2D eigenvalue weighted by molar-refractivity contribution is 0.172. The molecule has 84 valence electrons. The Bertz CT molecular complexity index is 308. The first-order chi connectivity index (χ1) is 7.28. The van der Waals surface area contributed by atoms with E-state index in [9.17, 15) is 0 Å². The van der Waals surface area contributed by atoms with Gasteiger partial charge in [-0.1, -0.05) is 0 Å². The maximum Gasteiger partial charge on any atom is 0.0328 e. The van der Waals surface area contributed by atoms with Crippen molar-refractivity contribution in [1.29, 1.82) is 0 Å². The second-order valence-corrected chi connectivity index (χ2v) is 5.86. The zero-order chi connectivity index (χ0) is 10.7. The van der Waals surface area contributed by atoms with Crippen LogP contribution in [0.3, 0.4) is 0 Å². The van der Waals surface area contributed by atoms with Crippen LogP contribution in [0.25, 0.3) is 0 Å². The van der Waals surface area contributed by atoms with Gasteiger partial charge in [0.15, 0.2) is 0 Å². The number of hydrogen-bond donors (Lipinski definition) is 1. The molecule has 0 aromatic carbocycles. The molecule has 2 rings (SSSR count). The van der Waals surface area contributed by atoms with Gasteiger partial charge in [-0.3, -0.25) is 4.90 Å². The van der Waals surface area contributed by atoms with Crippen molar-refractivity contribution in [2.75, 3.05) is 19.6 Å². The van der Waals surface area contributed by atoms with Gasteiger partial charge in [-0.05, 0) is 50.9 Å². The number of nitrogens with zero attached hydrogens (tertiary/aromatic N) is 1. The van der Waals surface area contributed by atoms with Crippen molar-refractivity contribution < 1.29 is 0 Å². The van der Waals surface area contributed by atoms with E-state index in [0.29, 0.717) is 0 Å². The Morgan fingerprint density at radius 2 is 2.40 bits per heavy atom. The number of likely N-dealkylation sites (tertiary alicyclic amines) is 1. The van der Waals surface area contributed by atoms with Crippen LogP contribution in [0.5, 0.6) is 0 Å². The molecule has 15 heavy (non-hydrogen) atoms. The molecule has 1 aromatic heterocycles. The zero-order valence-corrected chi connectivity index (χ0v) is 10.2. The first kappa shape index (κ1) is 11.1. The van der Waals surface area contributed by atoms with E-state index in [0.717, 1.165) is 19.0 Å². The summed E-state index contributed by atoms with van der Waals surface area (Å²) in [5.41, 5.74) is 5.74. The minimum absolute atomic E-state index is 0.722. The number of rotatable bonds is 3. The van der Waals surface area contributed by atoms with Crippen LogP contribution in [0.2, 0.25) is 0 Å². The molecule has 1 fully saturated rings. The van der Waals surface area contributed by atoms with E-state index < -0.39 is 0 Å². The number of piperidine rings is 1. The number of hydrogen-bond acceptors (Lipinski definition) is 3. The molecule has 0 unspecified atom stereocenters. The Labute approximate surface area is 96.1 Å². The second kappa shape index (κ2) is 5.10. The maximum atomic E-state index is 5.74. The summed E-state index contributed by atoms with van der Waals surface area (Å²) in [4.78, 5) is 5.45. The molecule has 1 aliphatic rings. The summed E-state index contributed by atoms with van der Waals surface area (Å²) in [5, 5.41) is 0. The van der Waals surface area contributed by atoms with Crippen molar-refractivity contribution in [2.45, 2.75) is 26.3 Å². The summed E-state index contributed by atoms with van der Waals surface area (Å²) < 4.78 is 0. The third-order valence-electron chi connectivity index (χ3n) is 3.11. The standard InChI is InChI=1S/C12H20N2S/c1-10-4-5-12(15-10)9-14-6-2-3-11(7-13)8-14/h4-5,11H,2-3,6-9,13H2,1H3/t11-/m0/s1.